The zero-order valence-corrected chi connectivity index (χ0v) is 9.30. The van der Waals surface area contributed by atoms with Gasteiger partial charge in [-0.05, 0) is 29.9 Å². The van der Waals surface area contributed by atoms with Crippen molar-refractivity contribution in [3.8, 4) is 0 Å². The van der Waals surface area contributed by atoms with Crippen LogP contribution in [-0.2, 0) is 4.74 Å². The molecule has 88 valence electrons. The van der Waals surface area contributed by atoms with Gasteiger partial charge in [-0.3, -0.25) is 0 Å². The van der Waals surface area contributed by atoms with Crippen LogP contribution in [0.4, 0.5) is 0 Å². The molecule has 0 radical (unpaired) electrons. The van der Waals surface area contributed by atoms with Crippen LogP contribution in [0.25, 0.3) is 10.9 Å². The lowest BCUT2D eigenvalue weighted by atomic mass is 9.80. The molecule has 0 fully saturated rings. The zero-order chi connectivity index (χ0) is 12.4. The van der Waals surface area contributed by atoms with Gasteiger partial charge >= 0.3 is 13.1 Å². The number of carbonyl (C=O) groups excluding carboxylic acids is 1. The average Bonchev–Trinajstić information content (AvgIpc) is 2.71. The maximum Gasteiger partial charge on any atom is 0.488 e. The Morgan fingerprint density at radius 1 is 1.41 bits per heavy atom. The quantitative estimate of drug-likeness (QED) is 0.515. The lowest BCUT2D eigenvalue weighted by molar-refractivity contribution is 0.0520. The Balaban J connectivity index is 2.40. The molecule has 0 spiro atoms. The van der Waals surface area contributed by atoms with E-state index in [0.29, 0.717) is 17.8 Å². The highest BCUT2D eigenvalue weighted by Crippen LogP contribution is 2.14. The van der Waals surface area contributed by atoms with Crippen LogP contribution in [0.2, 0.25) is 0 Å². The molecule has 0 aliphatic rings. The number of carbonyl (C=O) groups is 1. The third kappa shape index (κ3) is 2.32. The van der Waals surface area contributed by atoms with Crippen LogP contribution in [0.3, 0.4) is 0 Å². The molecular weight excluding hydrogens is 221 g/mol. The molecule has 0 saturated heterocycles. The van der Waals surface area contributed by atoms with Crippen LogP contribution in [0.15, 0.2) is 24.3 Å². The molecule has 1 aromatic carbocycles. The molecule has 0 atom stereocenters. The van der Waals surface area contributed by atoms with Gasteiger partial charge in [0.05, 0.1) is 6.61 Å². The predicted octanol–water partition coefficient (Wildman–Crippen LogP) is 0.0244. The third-order valence-electron chi connectivity index (χ3n) is 2.44. The van der Waals surface area contributed by atoms with Gasteiger partial charge in [0.15, 0.2) is 0 Å². The molecule has 17 heavy (non-hydrogen) atoms. The molecule has 1 aromatic heterocycles. The molecule has 2 rings (SSSR count). The lowest BCUT2D eigenvalue weighted by Crippen LogP contribution is -2.29. The van der Waals surface area contributed by atoms with Crippen LogP contribution in [0.5, 0.6) is 0 Å². The molecule has 3 N–H and O–H groups in total. The van der Waals surface area contributed by atoms with Crippen molar-refractivity contribution in [1.29, 1.82) is 0 Å². The van der Waals surface area contributed by atoms with E-state index in [2.05, 4.69) is 4.98 Å². The first-order chi connectivity index (χ1) is 8.11. The van der Waals surface area contributed by atoms with E-state index in [1.165, 1.54) is 0 Å². The van der Waals surface area contributed by atoms with Gasteiger partial charge in [0, 0.05) is 5.52 Å². The van der Waals surface area contributed by atoms with Gasteiger partial charge < -0.3 is 19.8 Å². The minimum absolute atomic E-state index is 0.314. The van der Waals surface area contributed by atoms with Gasteiger partial charge in [-0.2, -0.15) is 0 Å². The Kier molecular flexibility index (Phi) is 3.17. The van der Waals surface area contributed by atoms with Crippen LogP contribution >= 0.6 is 0 Å². The summed E-state index contributed by atoms with van der Waals surface area (Å²) in [6.45, 7) is 2.05. The number of H-pyrrole nitrogens is 1. The highest BCUT2D eigenvalue weighted by Gasteiger charge is 2.14. The van der Waals surface area contributed by atoms with Crippen LogP contribution in [0.1, 0.15) is 17.4 Å². The fourth-order valence-electron chi connectivity index (χ4n) is 1.63. The van der Waals surface area contributed by atoms with Gasteiger partial charge in [0.2, 0.25) is 0 Å². The summed E-state index contributed by atoms with van der Waals surface area (Å²) in [7, 11) is -1.51. The highest BCUT2D eigenvalue weighted by molar-refractivity contribution is 6.58. The molecule has 0 aliphatic heterocycles. The summed E-state index contributed by atoms with van der Waals surface area (Å²) in [5, 5.41) is 18.8. The summed E-state index contributed by atoms with van der Waals surface area (Å²) in [5.74, 6) is -0.421. The summed E-state index contributed by atoms with van der Waals surface area (Å²) in [6.07, 6.45) is 0. The van der Waals surface area contributed by atoms with Crippen molar-refractivity contribution in [1.82, 2.24) is 4.98 Å². The van der Waals surface area contributed by atoms with Crippen molar-refractivity contribution >= 4 is 29.5 Å². The third-order valence-corrected chi connectivity index (χ3v) is 2.44. The molecule has 0 saturated carbocycles. The van der Waals surface area contributed by atoms with Crippen molar-refractivity contribution in [3.05, 3.63) is 30.0 Å². The van der Waals surface area contributed by atoms with E-state index in [0.717, 1.165) is 10.9 Å². The Hall–Kier alpha value is -1.79. The van der Waals surface area contributed by atoms with Crippen molar-refractivity contribution < 1.29 is 19.6 Å². The molecule has 0 amide bonds. The summed E-state index contributed by atoms with van der Waals surface area (Å²) in [4.78, 5) is 14.4. The van der Waals surface area contributed by atoms with Crippen LogP contribution in [-0.4, -0.2) is 34.7 Å². The second-order valence-corrected chi connectivity index (χ2v) is 3.62. The minimum atomic E-state index is -1.51. The summed E-state index contributed by atoms with van der Waals surface area (Å²) >= 11 is 0. The Bertz CT molecular complexity index is 549. The molecule has 2 aromatic rings. The van der Waals surface area contributed by atoms with Gasteiger partial charge in [-0.1, -0.05) is 12.1 Å². The normalized spacial score (nSPS) is 10.5. The SMILES string of the molecule is CCOC(=O)c1cc2cc(B(O)O)ccc2[nH]1. The van der Waals surface area contributed by atoms with E-state index < -0.39 is 13.1 Å². The van der Waals surface area contributed by atoms with Crippen molar-refractivity contribution in [2.24, 2.45) is 0 Å². The van der Waals surface area contributed by atoms with Crippen LogP contribution < -0.4 is 5.46 Å². The zero-order valence-electron chi connectivity index (χ0n) is 9.30. The Morgan fingerprint density at radius 3 is 2.82 bits per heavy atom. The second kappa shape index (κ2) is 4.61. The first-order valence-electron chi connectivity index (χ1n) is 5.27. The fraction of sp³-hybridized carbons (Fsp3) is 0.182. The van der Waals surface area contributed by atoms with Crippen LogP contribution in [0, 0.1) is 0 Å². The summed E-state index contributed by atoms with van der Waals surface area (Å²) < 4.78 is 4.87. The number of hydrogen-bond donors (Lipinski definition) is 3. The number of ether oxygens (including phenoxy) is 1. The number of esters is 1. The van der Waals surface area contributed by atoms with E-state index in [1.54, 1.807) is 31.2 Å². The van der Waals surface area contributed by atoms with Crippen molar-refractivity contribution in [2.45, 2.75) is 6.92 Å². The standard InChI is InChI=1S/C11H12BNO4/c1-2-17-11(14)10-6-7-5-8(12(15)16)3-4-9(7)13-10/h3-6,13,15-16H,2H2,1H3. The Labute approximate surface area is 98.2 Å². The topological polar surface area (TPSA) is 82.6 Å². The maximum atomic E-state index is 11.5. The number of benzene rings is 1. The van der Waals surface area contributed by atoms with E-state index >= 15 is 0 Å². The largest absolute Gasteiger partial charge is 0.488 e. The summed E-state index contributed by atoms with van der Waals surface area (Å²) in [5.41, 5.74) is 1.48. The smallest absolute Gasteiger partial charge is 0.461 e. The molecular formula is C11H12BNO4. The monoisotopic (exact) mass is 233 g/mol. The van der Waals surface area contributed by atoms with E-state index in [1.807, 2.05) is 0 Å². The number of fused-ring (bicyclic) bond motifs is 1. The average molecular weight is 233 g/mol. The molecule has 1 heterocycles. The predicted molar refractivity (Wildman–Crippen MR) is 64.1 cm³/mol. The summed E-state index contributed by atoms with van der Waals surface area (Å²) in [6, 6.07) is 6.50. The highest BCUT2D eigenvalue weighted by atomic mass is 16.5. The number of nitrogens with one attached hydrogen (secondary N) is 1. The maximum absolute atomic E-state index is 11.5. The number of hydrogen-bond acceptors (Lipinski definition) is 4. The second-order valence-electron chi connectivity index (χ2n) is 3.62. The minimum Gasteiger partial charge on any atom is -0.461 e. The molecule has 0 bridgehead atoms. The van der Waals surface area contributed by atoms with E-state index in [9.17, 15) is 4.79 Å². The van der Waals surface area contributed by atoms with Gasteiger partial charge in [0.25, 0.3) is 0 Å². The molecule has 0 aliphatic carbocycles. The van der Waals surface area contributed by atoms with Gasteiger partial charge in [-0.25, -0.2) is 4.79 Å². The first-order valence-corrected chi connectivity index (χ1v) is 5.27. The fourth-order valence-corrected chi connectivity index (χ4v) is 1.63. The van der Waals surface area contributed by atoms with E-state index in [4.69, 9.17) is 14.8 Å². The van der Waals surface area contributed by atoms with Crippen molar-refractivity contribution in [2.75, 3.05) is 6.61 Å². The van der Waals surface area contributed by atoms with Gasteiger partial charge in [0.1, 0.15) is 5.69 Å². The molecule has 5 nitrogen and oxygen atoms in total. The van der Waals surface area contributed by atoms with E-state index in [-0.39, 0.29) is 0 Å². The molecule has 0 unspecified atom stereocenters. The number of aromatic nitrogens is 1. The molecule has 6 heteroatoms. The van der Waals surface area contributed by atoms with Crippen molar-refractivity contribution in [3.63, 3.8) is 0 Å². The lowest BCUT2D eigenvalue weighted by Gasteiger charge is -1.97. The first kappa shape index (κ1) is 11.7. The number of aromatic amines is 1. The van der Waals surface area contributed by atoms with Gasteiger partial charge in [-0.15, -0.1) is 0 Å². The number of rotatable bonds is 3. The Morgan fingerprint density at radius 2 is 2.18 bits per heavy atom.